The maximum atomic E-state index is 12.3. The third kappa shape index (κ3) is 3.59. The van der Waals surface area contributed by atoms with Crippen molar-refractivity contribution in [3.8, 4) is 5.69 Å². The van der Waals surface area contributed by atoms with E-state index in [2.05, 4.69) is 15.4 Å². The summed E-state index contributed by atoms with van der Waals surface area (Å²) in [4.78, 5) is 16.2. The summed E-state index contributed by atoms with van der Waals surface area (Å²) in [7, 11) is 0. The Morgan fingerprint density at radius 1 is 1.43 bits per heavy atom. The molecule has 1 aliphatic rings. The van der Waals surface area contributed by atoms with Gasteiger partial charge < -0.3 is 10.4 Å². The second-order valence-corrected chi connectivity index (χ2v) is 6.16. The van der Waals surface area contributed by atoms with Crippen LogP contribution in [0.1, 0.15) is 41.6 Å². The number of aryl methyl sites for hydroxylation is 1. The first-order chi connectivity index (χ1) is 11.1. The van der Waals surface area contributed by atoms with Crippen molar-refractivity contribution in [1.82, 2.24) is 20.1 Å². The lowest BCUT2D eigenvalue weighted by Gasteiger charge is -2.18. The van der Waals surface area contributed by atoms with Gasteiger partial charge in [-0.15, -0.1) is 0 Å². The van der Waals surface area contributed by atoms with Gasteiger partial charge in [0.2, 0.25) is 0 Å². The van der Waals surface area contributed by atoms with Crippen molar-refractivity contribution in [2.24, 2.45) is 5.92 Å². The summed E-state index contributed by atoms with van der Waals surface area (Å²) < 4.78 is 1.65. The van der Waals surface area contributed by atoms with E-state index >= 15 is 0 Å². The minimum atomic E-state index is -0.448. The molecule has 2 aromatic rings. The first-order valence-electron chi connectivity index (χ1n) is 8.07. The summed E-state index contributed by atoms with van der Waals surface area (Å²) in [6.07, 6.45) is 7.12. The average molecular weight is 314 g/mol. The Bertz CT molecular complexity index is 663. The number of aromatic nitrogens is 3. The van der Waals surface area contributed by atoms with Gasteiger partial charge in [-0.1, -0.05) is 12.8 Å². The van der Waals surface area contributed by atoms with Crippen molar-refractivity contribution in [1.29, 1.82) is 0 Å². The van der Waals surface area contributed by atoms with Crippen molar-refractivity contribution in [2.45, 2.75) is 38.7 Å². The second kappa shape index (κ2) is 6.91. The van der Waals surface area contributed by atoms with Crippen molar-refractivity contribution < 1.29 is 9.90 Å². The standard InChI is InChI=1S/C17H22N4O2/c1-12-8-14(21-11-18-10-20-21)6-7-15(12)17(23)19-9-16(22)13-4-2-3-5-13/h6-8,10-11,13,16,22H,2-5,9H2,1H3,(H,19,23). The van der Waals surface area contributed by atoms with Crippen LogP contribution in [-0.4, -0.2) is 38.4 Å². The van der Waals surface area contributed by atoms with Crippen molar-refractivity contribution >= 4 is 5.91 Å². The molecule has 1 atom stereocenters. The van der Waals surface area contributed by atoms with Crippen molar-refractivity contribution in [3.05, 3.63) is 42.0 Å². The van der Waals surface area contributed by atoms with Crippen LogP contribution in [0, 0.1) is 12.8 Å². The number of hydrogen-bond acceptors (Lipinski definition) is 4. The highest BCUT2D eigenvalue weighted by Gasteiger charge is 2.23. The van der Waals surface area contributed by atoms with E-state index in [-0.39, 0.29) is 5.91 Å². The van der Waals surface area contributed by atoms with Gasteiger partial charge in [-0.05, 0) is 49.4 Å². The number of hydrogen-bond donors (Lipinski definition) is 2. The first-order valence-corrected chi connectivity index (χ1v) is 8.07. The SMILES string of the molecule is Cc1cc(-n2cncn2)ccc1C(=O)NCC(O)C1CCCC1. The maximum Gasteiger partial charge on any atom is 0.251 e. The van der Waals surface area contributed by atoms with E-state index in [1.807, 2.05) is 19.1 Å². The highest BCUT2D eigenvalue weighted by Crippen LogP contribution is 2.27. The van der Waals surface area contributed by atoms with E-state index in [4.69, 9.17) is 0 Å². The van der Waals surface area contributed by atoms with Gasteiger partial charge in [0.25, 0.3) is 5.91 Å². The largest absolute Gasteiger partial charge is 0.391 e. The van der Waals surface area contributed by atoms with Crippen molar-refractivity contribution in [2.75, 3.05) is 6.54 Å². The number of aliphatic hydroxyl groups excluding tert-OH is 1. The number of aliphatic hydroxyl groups is 1. The van der Waals surface area contributed by atoms with Crippen LogP contribution < -0.4 is 5.32 Å². The fourth-order valence-electron chi connectivity index (χ4n) is 3.19. The van der Waals surface area contributed by atoms with Gasteiger partial charge in [0, 0.05) is 12.1 Å². The molecule has 1 amide bonds. The molecule has 3 rings (SSSR count). The summed E-state index contributed by atoms with van der Waals surface area (Å²) >= 11 is 0. The Labute approximate surface area is 135 Å². The van der Waals surface area contributed by atoms with E-state index < -0.39 is 6.10 Å². The Hall–Kier alpha value is -2.21. The third-order valence-corrected chi connectivity index (χ3v) is 4.55. The van der Waals surface area contributed by atoms with E-state index in [1.54, 1.807) is 17.1 Å². The summed E-state index contributed by atoms with van der Waals surface area (Å²) in [5.41, 5.74) is 2.35. The molecule has 1 aromatic heterocycles. The third-order valence-electron chi connectivity index (χ3n) is 4.55. The van der Waals surface area contributed by atoms with Gasteiger partial charge in [-0.25, -0.2) is 9.67 Å². The molecular formula is C17H22N4O2. The number of nitrogens with zero attached hydrogens (tertiary/aromatic N) is 3. The molecule has 0 saturated heterocycles. The lowest BCUT2D eigenvalue weighted by Crippen LogP contribution is -2.35. The van der Waals surface area contributed by atoms with E-state index in [1.165, 1.54) is 19.2 Å². The molecule has 23 heavy (non-hydrogen) atoms. The Morgan fingerprint density at radius 3 is 2.87 bits per heavy atom. The van der Waals surface area contributed by atoms with Crippen LogP contribution in [0.2, 0.25) is 0 Å². The Morgan fingerprint density at radius 2 is 2.22 bits per heavy atom. The van der Waals surface area contributed by atoms with Crippen LogP contribution >= 0.6 is 0 Å². The van der Waals surface area contributed by atoms with Gasteiger partial charge in [-0.2, -0.15) is 5.10 Å². The predicted octanol–water partition coefficient (Wildman–Crippen LogP) is 1.86. The number of amides is 1. The molecule has 6 nitrogen and oxygen atoms in total. The first kappa shape index (κ1) is 15.7. The van der Waals surface area contributed by atoms with Gasteiger partial charge in [-0.3, -0.25) is 4.79 Å². The fourth-order valence-corrected chi connectivity index (χ4v) is 3.19. The quantitative estimate of drug-likeness (QED) is 0.883. The summed E-state index contributed by atoms with van der Waals surface area (Å²) in [6.45, 7) is 2.20. The van der Waals surface area contributed by atoms with Crippen LogP contribution in [0.15, 0.2) is 30.9 Å². The highest BCUT2D eigenvalue weighted by atomic mass is 16.3. The normalized spacial score (nSPS) is 16.4. The number of carbonyl (C=O) groups is 1. The van der Waals surface area contributed by atoms with E-state index in [9.17, 15) is 9.90 Å². The van der Waals surface area contributed by atoms with Crippen LogP contribution in [0.3, 0.4) is 0 Å². The molecule has 1 fully saturated rings. The molecule has 1 saturated carbocycles. The Kier molecular flexibility index (Phi) is 4.71. The van der Waals surface area contributed by atoms with Gasteiger partial charge in [0.15, 0.2) is 0 Å². The maximum absolute atomic E-state index is 12.3. The van der Waals surface area contributed by atoms with Gasteiger partial charge in [0.1, 0.15) is 12.7 Å². The van der Waals surface area contributed by atoms with Crippen molar-refractivity contribution in [3.63, 3.8) is 0 Å². The van der Waals surface area contributed by atoms with Crippen LogP contribution in [0.25, 0.3) is 5.69 Å². The predicted molar refractivity (Wildman–Crippen MR) is 86.4 cm³/mol. The lowest BCUT2D eigenvalue weighted by molar-refractivity contribution is 0.0840. The molecule has 6 heteroatoms. The minimum absolute atomic E-state index is 0.148. The number of carbonyl (C=O) groups excluding carboxylic acids is 1. The lowest BCUT2D eigenvalue weighted by atomic mass is 10.0. The second-order valence-electron chi connectivity index (χ2n) is 6.16. The average Bonchev–Trinajstić information content (AvgIpc) is 3.24. The monoisotopic (exact) mass is 314 g/mol. The Balaban J connectivity index is 1.63. The fraction of sp³-hybridized carbons (Fsp3) is 0.471. The molecule has 0 radical (unpaired) electrons. The molecule has 2 N–H and O–H groups in total. The van der Waals surface area contributed by atoms with Crippen LogP contribution in [0.4, 0.5) is 0 Å². The zero-order valence-corrected chi connectivity index (χ0v) is 13.3. The summed E-state index contributed by atoms with van der Waals surface area (Å²) in [5, 5.41) is 17.1. The molecular weight excluding hydrogens is 292 g/mol. The zero-order valence-electron chi connectivity index (χ0n) is 13.3. The topological polar surface area (TPSA) is 80.0 Å². The zero-order chi connectivity index (χ0) is 16.2. The molecule has 1 unspecified atom stereocenters. The summed E-state index contributed by atoms with van der Waals surface area (Å²) in [5.74, 6) is 0.177. The summed E-state index contributed by atoms with van der Waals surface area (Å²) in [6, 6.07) is 5.52. The molecule has 0 aliphatic heterocycles. The molecule has 1 aromatic carbocycles. The number of benzene rings is 1. The number of nitrogens with one attached hydrogen (secondary N) is 1. The van der Waals surface area contributed by atoms with Crippen LogP contribution in [-0.2, 0) is 0 Å². The van der Waals surface area contributed by atoms with Crippen LogP contribution in [0.5, 0.6) is 0 Å². The van der Waals surface area contributed by atoms with Gasteiger partial charge in [0.05, 0.1) is 11.8 Å². The van der Waals surface area contributed by atoms with E-state index in [0.717, 1.165) is 24.1 Å². The molecule has 1 heterocycles. The number of rotatable bonds is 5. The van der Waals surface area contributed by atoms with E-state index in [0.29, 0.717) is 18.0 Å². The smallest absolute Gasteiger partial charge is 0.251 e. The van der Waals surface area contributed by atoms with Gasteiger partial charge >= 0.3 is 0 Å². The molecule has 1 aliphatic carbocycles. The highest BCUT2D eigenvalue weighted by molar-refractivity contribution is 5.95. The molecule has 0 bridgehead atoms. The molecule has 122 valence electrons. The minimum Gasteiger partial charge on any atom is -0.391 e. The molecule has 0 spiro atoms.